The number of carbonyl (C=O) groups excluding carboxylic acids is 1. The minimum atomic E-state index is -0.258. The Labute approximate surface area is 96.6 Å². The van der Waals surface area contributed by atoms with Gasteiger partial charge in [-0.15, -0.1) is 0 Å². The van der Waals surface area contributed by atoms with Crippen LogP contribution in [0.25, 0.3) is 0 Å². The van der Waals surface area contributed by atoms with Crippen molar-refractivity contribution in [2.75, 3.05) is 39.5 Å². The van der Waals surface area contributed by atoms with Crippen molar-refractivity contribution >= 4 is 6.09 Å². The van der Waals surface area contributed by atoms with Crippen LogP contribution in [0.2, 0.25) is 0 Å². The largest absolute Gasteiger partial charge is 0.450 e. The molecule has 0 radical (unpaired) electrons. The molecule has 0 aromatic heterocycles. The molecular formula is C11H21NO4. The van der Waals surface area contributed by atoms with Crippen molar-refractivity contribution in [3.8, 4) is 0 Å². The van der Waals surface area contributed by atoms with Gasteiger partial charge >= 0.3 is 6.09 Å². The molecule has 1 saturated heterocycles. The lowest BCUT2D eigenvalue weighted by Gasteiger charge is -2.31. The summed E-state index contributed by atoms with van der Waals surface area (Å²) in [4.78, 5) is 13.2. The van der Waals surface area contributed by atoms with Gasteiger partial charge in [0.2, 0.25) is 0 Å². The smallest absolute Gasteiger partial charge is 0.409 e. The number of hydrogen-bond donors (Lipinski definition) is 0. The molecule has 0 N–H and O–H groups in total. The van der Waals surface area contributed by atoms with Gasteiger partial charge < -0.3 is 19.1 Å². The molecule has 0 spiro atoms. The van der Waals surface area contributed by atoms with E-state index in [0.29, 0.717) is 32.9 Å². The zero-order valence-electron chi connectivity index (χ0n) is 10.1. The normalized spacial score (nSPS) is 20.9. The van der Waals surface area contributed by atoms with Crippen LogP contribution in [0.4, 0.5) is 4.79 Å². The molecule has 1 aliphatic heterocycles. The van der Waals surface area contributed by atoms with E-state index in [-0.39, 0.29) is 12.2 Å². The van der Waals surface area contributed by atoms with Crippen LogP contribution in [-0.4, -0.2) is 56.6 Å². The SMILES string of the molecule is CCCOCC1CN(C(=O)OCC)CCO1. The van der Waals surface area contributed by atoms with E-state index in [2.05, 4.69) is 6.92 Å². The van der Waals surface area contributed by atoms with Crippen molar-refractivity contribution in [3.05, 3.63) is 0 Å². The minimum Gasteiger partial charge on any atom is -0.450 e. The molecule has 1 fully saturated rings. The molecule has 0 saturated carbocycles. The fourth-order valence-electron chi connectivity index (χ4n) is 1.56. The minimum absolute atomic E-state index is 0.0234. The quantitative estimate of drug-likeness (QED) is 0.669. The van der Waals surface area contributed by atoms with Crippen molar-refractivity contribution in [3.63, 3.8) is 0 Å². The molecule has 1 unspecified atom stereocenters. The van der Waals surface area contributed by atoms with E-state index in [4.69, 9.17) is 14.2 Å². The Kier molecular flexibility index (Phi) is 6.18. The average molecular weight is 231 g/mol. The van der Waals surface area contributed by atoms with E-state index in [1.807, 2.05) is 0 Å². The van der Waals surface area contributed by atoms with Gasteiger partial charge in [0.25, 0.3) is 0 Å². The zero-order chi connectivity index (χ0) is 11.8. The highest BCUT2D eigenvalue weighted by molar-refractivity contribution is 5.67. The Morgan fingerprint density at radius 2 is 2.31 bits per heavy atom. The number of rotatable bonds is 5. The topological polar surface area (TPSA) is 48.0 Å². The summed E-state index contributed by atoms with van der Waals surface area (Å²) in [6.45, 7) is 7.27. The molecule has 0 aromatic carbocycles. The summed E-state index contributed by atoms with van der Waals surface area (Å²) >= 11 is 0. The van der Waals surface area contributed by atoms with Crippen LogP contribution in [0.3, 0.4) is 0 Å². The fraction of sp³-hybridized carbons (Fsp3) is 0.909. The first-order valence-electron chi connectivity index (χ1n) is 5.89. The lowest BCUT2D eigenvalue weighted by atomic mass is 10.3. The zero-order valence-corrected chi connectivity index (χ0v) is 10.1. The number of amides is 1. The molecule has 1 aliphatic rings. The number of ether oxygens (including phenoxy) is 3. The standard InChI is InChI=1S/C11H21NO4/c1-3-6-14-9-10-8-12(5-7-16-10)11(13)15-4-2/h10H,3-9H2,1-2H3. The first kappa shape index (κ1) is 13.3. The summed E-state index contributed by atoms with van der Waals surface area (Å²) in [6, 6.07) is 0. The van der Waals surface area contributed by atoms with Gasteiger partial charge in [-0.05, 0) is 13.3 Å². The lowest BCUT2D eigenvalue weighted by molar-refractivity contribution is -0.0651. The highest BCUT2D eigenvalue weighted by atomic mass is 16.6. The molecule has 1 amide bonds. The van der Waals surface area contributed by atoms with Crippen LogP contribution in [0.5, 0.6) is 0 Å². The van der Waals surface area contributed by atoms with E-state index >= 15 is 0 Å². The van der Waals surface area contributed by atoms with Gasteiger partial charge in [-0.1, -0.05) is 6.92 Å². The second-order valence-corrected chi connectivity index (χ2v) is 3.71. The van der Waals surface area contributed by atoms with Crippen LogP contribution in [0.1, 0.15) is 20.3 Å². The Morgan fingerprint density at radius 1 is 1.50 bits per heavy atom. The van der Waals surface area contributed by atoms with Crippen molar-refractivity contribution in [1.29, 1.82) is 0 Å². The summed E-state index contributed by atoms with van der Waals surface area (Å²) in [5.74, 6) is 0. The average Bonchev–Trinajstić information content (AvgIpc) is 2.30. The van der Waals surface area contributed by atoms with E-state index in [1.54, 1.807) is 11.8 Å². The molecule has 1 heterocycles. The summed E-state index contributed by atoms with van der Waals surface area (Å²) < 4.78 is 15.9. The molecule has 1 rings (SSSR count). The number of carbonyl (C=O) groups is 1. The number of morpholine rings is 1. The molecule has 94 valence electrons. The highest BCUT2D eigenvalue weighted by Crippen LogP contribution is 2.07. The Hall–Kier alpha value is -0.810. The van der Waals surface area contributed by atoms with Gasteiger partial charge in [0, 0.05) is 13.2 Å². The van der Waals surface area contributed by atoms with Gasteiger partial charge in [-0.3, -0.25) is 0 Å². The first-order chi connectivity index (χ1) is 7.77. The third kappa shape index (κ3) is 4.37. The van der Waals surface area contributed by atoms with Crippen molar-refractivity contribution in [2.24, 2.45) is 0 Å². The van der Waals surface area contributed by atoms with Crippen LogP contribution < -0.4 is 0 Å². The second kappa shape index (κ2) is 7.46. The van der Waals surface area contributed by atoms with Crippen LogP contribution in [0.15, 0.2) is 0 Å². The molecule has 0 aromatic rings. The summed E-state index contributed by atoms with van der Waals surface area (Å²) in [5, 5.41) is 0. The molecule has 5 nitrogen and oxygen atoms in total. The summed E-state index contributed by atoms with van der Waals surface area (Å²) in [6.07, 6.45) is 0.713. The first-order valence-corrected chi connectivity index (χ1v) is 5.89. The molecule has 1 atom stereocenters. The van der Waals surface area contributed by atoms with Gasteiger partial charge in [0.1, 0.15) is 0 Å². The third-order valence-corrected chi connectivity index (χ3v) is 2.32. The van der Waals surface area contributed by atoms with Gasteiger partial charge in [-0.25, -0.2) is 4.79 Å². The van der Waals surface area contributed by atoms with Crippen molar-refractivity contribution < 1.29 is 19.0 Å². The third-order valence-electron chi connectivity index (χ3n) is 2.32. The van der Waals surface area contributed by atoms with Crippen LogP contribution >= 0.6 is 0 Å². The lowest BCUT2D eigenvalue weighted by Crippen LogP contribution is -2.47. The Bertz CT molecular complexity index is 210. The Morgan fingerprint density at radius 3 is 3.00 bits per heavy atom. The predicted octanol–water partition coefficient (Wildman–Crippen LogP) is 1.27. The van der Waals surface area contributed by atoms with E-state index in [1.165, 1.54) is 0 Å². The van der Waals surface area contributed by atoms with E-state index in [9.17, 15) is 4.79 Å². The van der Waals surface area contributed by atoms with Crippen molar-refractivity contribution in [1.82, 2.24) is 4.90 Å². The molecule has 5 heteroatoms. The van der Waals surface area contributed by atoms with Gasteiger partial charge in [-0.2, -0.15) is 0 Å². The van der Waals surface area contributed by atoms with Crippen LogP contribution in [-0.2, 0) is 14.2 Å². The number of nitrogens with zero attached hydrogens (tertiary/aromatic N) is 1. The monoisotopic (exact) mass is 231 g/mol. The van der Waals surface area contributed by atoms with E-state index < -0.39 is 0 Å². The van der Waals surface area contributed by atoms with E-state index in [0.717, 1.165) is 13.0 Å². The molecule has 0 aliphatic carbocycles. The maximum absolute atomic E-state index is 11.5. The van der Waals surface area contributed by atoms with Crippen LogP contribution in [0, 0.1) is 0 Å². The number of hydrogen-bond acceptors (Lipinski definition) is 4. The highest BCUT2D eigenvalue weighted by Gasteiger charge is 2.24. The molecular weight excluding hydrogens is 210 g/mol. The predicted molar refractivity (Wildman–Crippen MR) is 59.4 cm³/mol. The Balaban J connectivity index is 2.26. The second-order valence-electron chi connectivity index (χ2n) is 3.71. The molecule has 16 heavy (non-hydrogen) atoms. The summed E-state index contributed by atoms with van der Waals surface area (Å²) in [5.41, 5.74) is 0. The fourth-order valence-corrected chi connectivity index (χ4v) is 1.56. The maximum Gasteiger partial charge on any atom is 0.409 e. The maximum atomic E-state index is 11.5. The van der Waals surface area contributed by atoms with Gasteiger partial charge in [0.05, 0.1) is 32.5 Å². The van der Waals surface area contributed by atoms with Crippen molar-refractivity contribution in [2.45, 2.75) is 26.4 Å². The summed E-state index contributed by atoms with van der Waals surface area (Å²) in [7, 11) is 0. The molecule has 0 bridgehead atoms. The van der Waals surface area contributed by atoms with Gasteiger partial charge in [0.15, 0.2) is 0 Å².